The number of ether oxygens (including phenoxy) is 1. The molecule has 0 saturated carbocycles. The Morgan fingerprint density at radius 3 is 2.57 bits per heavy atom. The van der Waals surface area contributed by atoms with Gasteiger partial charge in [-0.2, -0.15) is 5.26 Å². The van der Waals surface area contributed by atoms with Crippen molar-refractivity contribution in [2.45, 2.75) is 6.54 Å². The zero-order valence-electron chi connectivity index (χ0n) is 12.3. The average Bonchev–Trinajstić information content (AvgIpc) is 2.94. The Hall–Kier alpha value is -2.45. The van der Waals surface area contributed by atoms with Crippen LogP contribution in [0.2, 0.25) is 0 Å². The Labute approximate surface area is 124 Å². The lowest BCUT2D eigenvalue weighted by atomic mass is 10.3. The van der Waals surface area contributed by atoms with Crippen LogP contribution in [0.5, 0.6) is 5.75 Å². The van der Waals surface area contributed by atoms with Crippen molar-refractivity contribution in [2.24, 2.45) is 0 Å². The molecule has 110 valence electrons. The largest absolute Gasteiger partial charge is 0.492 e. The van der Waals surface area contributed by atoms with Crippen LogP contribution in [0.15, 0.2) is 40.8 Å². The minimum Gasteiger partial charge on any atom is -0.492 e. The number of likely N-dealkylation sites (N-methyl/N-ethyl adjacent to an activating group) is 1. The molecule has 0 spiro atoms. The number of hydrogen-bond donors (Lipinski definition) is 1. The maximum absolute atomic E-state index is 8.69. The van der Waals surface area contributed by atoms with E-state index < -0.39 is 0 Å². The molecular formula is C16H19N3O2. The van der Waals surface area contributed by atoms with Gasteiger partial charge in [-0.05, 0) is 50.5 Å². The Morgan fingerprint density at radius 1 is 1.19 bits per heavy atom. The normalized spacial score (nSPS) is 10.4. The highest BCUT2D eigenvalue weighted by Crippen LogP contribution is 2.17. The van der Waals surface area contributed by atoms with Gasteiger partial charge >= 0.3 is 0 Å². The summed E-state index contributed by atoms with van der Waals surface area (Å²) in [6, 6.07) is 13.2. The Bertz CT molecular complexity index is 597. The summed E-state index contributed by atoms with van der Waals surface area (Å²) in [5, 5.41) is 11.9. The maximum Gasteiger partial charge on any atom is 0.203 e. The van der Waals surface area contributed by atoms with E-state index in [0.29, 0.717) is 18.9 Å². The molecule has 0 fully saturated rings. The summed E-state index contributed by atoms with van der Waals surface area (Å²) in [7, 11) is 4.03. The first kappa shape index (κ1) is 14.9. The lowest BCUT2D eigenvalue weighted by molar-refractivity contribution is 0.261. The van der Waals surface area contributed by atoms with E-state index in [9.17, 15) is 0 Å². The van der Waals surface area contributed by atoms with E-state index in [-0.39, 0.29) is 0 Å². The Morgan fingerprint density at radius 2 is 1.95 bits per heavy atom. The number of furan rings is 1. The van der Waals surface area contributed by atoms with E-state index in [1.807, 2.05) is 44.4 Å². The van der Waals surface area contributed by atoms with E-state index in [2.05, 4.69) is 10.2 Å². The third kappa shape index (κ3) is 4.86. The minimum atomic E-state index is 0.330. The first-order valence-corrected chi connectivity index (χ1v) is 6.77. The van der Waals surface area contributed by atoms with E-state index >= 15 is 0 Å². The molecule has 0 aliphatic heterocycles. The quantitative estimate of drug-likeness (QED) is 0.847. The molecule has 5 nitrogen and oxygen atoms in total. The van der Waals surface area contributed by atoms with Crippen LogP contribution in [0.3, 0.4) is 0 Å². The Kier molecular flexibility index (Phi) is 5.24. The molecule has 2 aromatic rings. The summed E-state index contributed by atoms with van der Waals surface area (Å²) in [6.45, 7) is 2.10. The van der Waals surface area contributed by atoms with Crippen LogP contribution in [0.25, 0.3) is 0 Å². The number of nitrogens with one attached hydrogen (secondary N) is 1. The molecule has 0 unspecified atom stereocenters. The summed E-state index contributed by atoms with van der Waals surface area (Å²) in [6.07, 6.45) is 0. The lowest BCUT2D eigenvalue weighted by Gasteiger charge is -2.11. The monoisotopic (exact) mass is 285 g/mol. The predicted octanol–water partition coefficient (Wildman–Crippen LogP) is 2.70. The van der Waals surface area contributed by atoms with Gasteiger partial charge in [-0.1, -0.05) is 0 Å². The molecule has 0 bridgehead atoms. The number of hydrogen-bond acceptors (Lipinski definition) is 5. The molecule has 1 aromatic heterocycles. The number of benzene rings is 1. The average molecular weight is 285 g/mol. The van der Waals surface area contributed by atoms with Crippen molar-refractivity contribution in [3.8, 4) is 11.8 Å². The smallest absolute Gasteiger partial charge is 0.203 e. The van der Waals surface area contributed by atoms with Gasteiger partial charge in [0.2, 0.25) is 5.76 Å². The van der Waals surface area contributed by atoms with Gasteiger partial charge < -0.3 is 19.4 Å². The Balaban J connectivity index is 1.80. The first-order chi connectivity index (χ1) is 10.2. The number of anilines is 1. The molecule has 1 heterocycles. The highest BCUT2D eigenvalue weighted by Gasteiger charge is 2.01. The van der Waals surface area contributed by atoms with Gasteiger partial charge in [-0.15, -0.1) is 0 Å². The predicted molar refractivity (Wildman–Crippen MR) is 81.2 cm³/mol. The summed E-state index contributed by atoms with van der Waals surface area (Å²) in [5.74, 6) is 1.92. The first-order valence-electron chi connectivity index (χ1n) is 6.77. The van der Waals surface area contributed by atoms with E-state index in [1.54, 1.807) is 12.1 Å². The highest BCUT2D eigenvalue weighted by molar-refractivity contribution is 5.46. The van der Waals surface area contributed by atoms with Gasteiger partial charge in [0, 0.05) is 12.2 Å². The van der Waals surface area contributed by atoms with Crippen LogP contribution < -0.4 is 10.1 Å². The molecule has 0 radical (unpaired) electrons. The van der Waals surface area contributed by atoms with Crippen molar-refractivity contribution in [3.05, 3.63) is 47.9 Å². The van der Waals surface area contributed by atoms with Gasteiger partial charge in [0.05, 0.1) is 6.54 Å². The van der Waals surface area contributed by atoms with Crippen molar-refractivity contribution < 1.29 is 9.15 Å². The van der Waals surface area contributed by atoms with Crippen LogP contribution in [0.4, 0.5) is 5.69 Å². The SMILES string of the molecule is CN(C)CCOc1ccc(NCc2ccc(C#N)o2)cc1. The second kappa shape index (κ2) is 7.36. The van der Waals surface area contributed by atoms with Crippen molar-refractivity contribution >= 4 is 5.69 Å². The molecule has 0 aliphatic carbocycles. The topological polar surface area (TPSA) is 61.4 Å². The van der Waals surface area contributed by atoms with Gasteiger partial charge in [0.25, 0.3) is 0 Å². The maximum atomic E-state index is 8.69. The molecule has 0 atom stereocenters. The van der Waals surface area contributed by atoms with E-state index in [1.165, 1.54) is 0 Å². The summed E-state index contributed by atoms with van der Waals surface area (Å²) < 4.78 is 10.9. The molecule has 2 rings (SSSR count). The fourth-order valence-corrected chi connectivity index (χ4v) is 1.74. The second-order valence-electron chi connectivity index (χ2n) is 4.91. The van der Waals surface area contributed by atoms with Crippen LogP contribution in [-0.4, -0.2) is 32.1 Å². The summed E-state index contributed by atoms with van der Waals surface area (Å²) >= 11 is 0. The fraction of sp³-hybridized carbons (Fsp3) is 0.312. The van der Waals surface area contributed by atoms with Crippen molar-refractivity contribution in [1.29, 1.82) is 5.26 Å². The molecule has 21 heavy (non-hydrogen) atoms. The molecule has 0 aliphatic rings. The fourth-order valence-electron chi connectivity index (χ4n) is 1.74. The van der Waals surface area contributed by atoms with Crippen molar-refractivity contribution in [2.75, 3.05) is 32.6 Å². The number of nitrogens with zero attached hydrogens (tertiary/aromatic N) is 2. The minimum absolute atomic E-state index is 0.330. The summed E-state index contributed by atoms with van der Waals surface area (Å²) in [5.41, 5.74) is 0.977. The van der Waals surface area contributed by atoms with Gasteiger partial charge in [0.15, 0.2) is 0 Å². The molecule has 0 saturated heterocycles. The van der Waals surface area contributed by atoms with Crippen LogP contribution in [0, 0.1) is 11.3 Å². The van der Waals surface area contributed by atoms with Crippen LogP contribution in [-0.2, 0) is 6.54 Å². The van der Waals surface area contributed by atoms with Crippen LogP contribution in [0.1, 0.15) is 11.5 Å². The van der Waals surface area contributed by atoms with Crippen molar-refractivity contribution in [1.82, 2.24) is 4.90 Å². The third-order valence-corrected chi connectivity index (χ3v) is 2.90. The molecule has 0 amide bonds. The standard InChI is InChI=1S/C16H19N3O2/c1-19(2)9-10-20-14-5-3-13(4-6-14)18-12-16-8-7-15(11-17)21-16/h3-8,18H,9-10,12H2,1-2H3. The third-order valence-electron chi connectivity index (χ3n) is 2.90. The lowest BCUT2D eigenvalue weighted by Crippen LogP contribution is -2.19. The van der Waals surface area contributed by atoms with Gasteiger partial charge in [0.1, 0.15) is 24.2 Å². The zero-order chi connectivity index (χ0) is 15.1. The summed E-state index contributed by atoms with van der Waals surface area (Å²) in [4.78, 5) is 2.08. The van der Waals surface area contributed by atoms with Crippen molar-refractivity contribution in [3.63, 3.8) is 0 Å². The van der Waals surface area contributed by atoms with Gasteiger partial charge in [-0.3, -0.25) is 0 Å². The molecule has 1 aromatic carbocycles. The molecule has 1 N–H and O–H groups in total. The molecule has 5 heteroatoms. The zero-order valence-corrected chi connectivity index (χ0v) is 12.3. The number of nitriles is 1. The highest BCUT2D eigenvalue weighted by atomic mass is 16.5. The second-order valence-corrected chi connectivity index (χ2v) is 4.91. The van der Waals surface area contributed by atoms with E-state index in [4.69, 9.17) is 14.4 Å². The van der Waals surface area contributed by atoms with Crippen LogP contribution >= 0.6 is 0 Å². The molecular weight excluding hydrogens is 266 g/mol. The number of rotatable bonds is 7. The van der Waals surface area contributed by atoms with E-state index in [0.717, 1.165) is 23.7 Å². The van der Waals surface area contributed by atoms with Gasteiger partial charge in [-0.25, -0.2) is 0 Å².